The molecule has 2 amide bonds. The summed E-state index contributed by atoms with van der Waals surface area (Å²) in [6.07, 6.45) is 3.62. The molecule has 1 aromatic carbocycles. The Labute approximate surface area is 172 Å². The number of anilines is 3. The monoisotopic (exact) mass is 446 g/mol. The molecule has 0 radical (unpaired) electrons. The summed E-state index contributed by atoms with van der Waals surface area (Å²) >= 11 is 3.35. The lowest BCUT2D eigenvalue weighted by molar-refractivity contribution is -0.121. The summed E-state index contributed by atoms with van der Waals surface area (Å²) in [5.74, 6) is 0.514. The predicted molar refractivity (Wildman–Crippen MR) is 112 cm³/mol. The minimum Gasteiger partial charge on any atom is -0.465 e. The van der Waals surface area contributed by atoms with Crippen molar-refractivity contribution in [2.45, 2.75) is 25.7 Å². The molecule has 148 valence electrons. The van der Waals surface area contributed by atoms with Gasteiger partial charge in [0.2, 0.25) is 5.91 Å². The van der Waals surface area contributed by atoms with Crippen molar-refractivity contribution < 1.29 is 14.7 Å². The quantitative estimate of drug-likeness (QED) is 0.591. The first-order chi connectivity index (χ1) is 13.4. The summed E-state index contributed by atoms with van der Waals surface area (Å²) < 4.78 is 0.861. The molecule has 1 aromatic heterocycles. The van der Waals surface area contributed by atoms with Crippen LogP contribution in [0.5, 0.6) is 0 Å². The molecule has 3 rings (SSSR count). The number of carbonyl (C=O) groups is 2. The van der Waals surface area contributed by atoms with Crippen molar-refractivity contribution in [2.75, 3.05) is 22.5 Å². The molecule has 8 heteroatoms. The van der Waals surface area contributed by atoms with Gasteiger partial charge in [-0.15, -0.1) is 0 Å². The van der Waals surface area contributed by atoms with E-state index in [1.165, 1.54) is 4.90 Å². The molecule has 0 aliphatic heterocycles. The number of rotatable bonds is 5. The van der Waals surface area contributed by atoms with E-state index in [1.54, 1.807) is 36.5 Å². The fourth-order valence-electron chi connectivity index (χ4n) is 3.53. The normalized spacial score (nSPS) is 19.0. The summed E-state index contributed by atoms with van der Waals surface area (Å²) in [7, 11) is 0. The van der Waals surface area contributed by atoms with Gasteiger partial charge in [0.25, 0.3) is 0 Å². The Morgan fingerprint density at radius 3 is 2.57 bits per heavy atom. The van der Waals surface area contributed by atoms with Crippen molar-refractivity contribution in [1.82, 2.24) is 4.98 Å². The van der Waals surface area contributed by atoms with Crippen LogP contribution in [0.15, 0.2) is 47.1 Å². The van der Waals surface area contributed by atoms with Crippen LogP contribution < -0.4 is 16.0 Å². The second-order valence-corrected chi connectivity index (χ2v) is 7.94. The van der Waals surface area contributed by atoms with Crippen LogP contribution in [-0.4, -0.2) is 28.6 Å². The minimum absolute atomic E-state index is 0.0349. The summed E-state index contributed by atoms with van der Waals surface area (Å²) in [6.45, 7) is 0.389. The van der Waals surface area contributed by atoms with Crippen molar-refractivity contribution in [3.8, 4) is 0 Å². The molecule has 4 N–H and O–H groups in total. The molecule has 1 heterocycles. The van der Waals surface area contributed by atoms with Gasteiger partial charge in [-0.3, -0.25) is 9.69 Å². The average Bonchev–Trinajstić information content (AvgIpc) is 2.69. The van der Waals surface area contributed by atoms with Gasteiger partial charge in [-0.2, -0.15) is 0 Å². The Balaban J connectivity index is 1.55. The maximum atomic E-state index is 12.6. The number of aromatic nitrogens is 1. The zero-order chi connectivity index (χ0) is 20.1. The highest BCUT2D eigenvalue weighted by Crippen LogP contribution is 2.32. The van der Waals surface area contributed by atoms with Gasteiger partial charge in [-0.25, -0.2) is 9.78 Å². The zero-order valence-electron chi connectivity index (χ0n) is 15.3. The Kier molecular flexibility index (Phi) is 6.51. The third kappa shape index (κ3) is 5.01. The maximum absolute atomic E-state index is 12.6. The predicted octanol–water partition coefficient (Wildman–Crippen LogP) is 4.36. The second kappa shape index (κ2) is 9.05. The number of nitrogens with zero attached hydrogens (tertiary/aromatic N) is 2. The number of carboxylic acid groups (broad SMARTS) is 1. The SMILES string of the molecule is Nc1cc(Br)ccc1NC(=O)C1CCC(CN(C(=O)O)c2ccccn2)CC1. The molecule has 0 unspecified atom stereocenters. The third-order valence-corrected chi connectivity index (χ3v) is 5.58. The van der Waals surface area contributed by atoms with Gasteiger partial charge in [0.05, 0.1) is 11.4 Å². The van der Waals surface area contributed by atoms with Gasteiger partial charge >= 0.3 is 6.09 Å². The Morgan fingerprint density at radius 2 is 1.96 bits per heavy atom. The van der Waals surface area contributed by atoms with Crippen LogP contribution in [0.2, 0.25) is 0 Å². The molecule has 0 saturated heterocycles. The molecule has 0 atom stereocenters. The van der Waals surface area contributed by atoms with Crippen molar-refractivity contribution in [2.24, 2.45) is 11.8 Å². The van der Waals surface area contributed by atoms with Crippen LogP contribution in [0.1, 0.15) is 25.7 Å². The lowest BCUT2D eigenvalue weighted by Gasteiger charge is -2.30. The lowest BCUT2D eigenvalue weighted by atomic mass is 9.81. The molecule has 1 aliphatic carbocycles. The number of pyridine rings is 1. The smallest absolute Gasteiger partial charge is 0.413 e. The van der Waals surface area contributed by atoms with E-state index in [0.29, 0.717) is 23.7 Å². The molecule has 1 aliphatic rings. The summed E-state index contributed by atoms with van der Waals surface area (Å²) in [4.78, 5) is 29.6. The van der Waals surface area contributed by atoms with E-state index in [4.69, 9.17) is 5.73 Å². The number of nitrogens with one attached hydrogen (secondary N) is 1. The number of hydrogen-bond donors (Lipinski definition) is 3. The third-order valence-electron chi connectivity index (χ3n) is 5.09. The molecule has 28 heavy (non-hydrogen) atoms. The van der Waals surface area contributed by atoms with E-state index in [0.717, 1.165) is 30.2 Å². The Bertz CT molecular complexity index is 839. The van der Waals surface area contributed by atoms with Gasteiger partial charge in [0, 0.05) is 23.1 Å². The van der Waals surface area contributed by atoms with Crippen LogP contribution in [0, 0.1) is 11.8 Å². The molecular formula is C20H23BrN4O3. The van der Waals surface area contributed by atoms with Gasteiger partial charge in [-0.1, -0.05) is 22.0 Å². The van der Waals surface area contributed by atoms with E-state index in [-0.39, 0.29) is 17.7 Å². The number of benzene rings is 1. The Morgan fingerprint density at radius 1 is 1.21 bits per heavy atom. The average molecular weight is 447 g/mol. The fraction of sp³-hybridized carbons (Fsp3) is 0.350. The van der Waals surface area contributed by atoms with Crippen molar-refractivity contribution in [3.63, 3.8) is 0 Å². The van der Waals surface area contributed by atoms with Crippen molar-refractivity contribution in [1.29, 1.82) is 0 Å². The topological polar surface area (TPSA) is 109 Å². The van der Waals surface area contributed by atoms with E-state index in [2.05, 4.69) is 26.2 Å². The first-order valence-corrected chi connectivity index (χ1v) is 10.0. The molecule has 1 saturated carbocycles. The highest BCUT2D eigenvalue weighted by atomic mass is 79.9. The molecular weight excluding hydrogens is 424 g/mol. The number of amides is 2. The van der Waals surface area contributed by atoms with Crippen molar-refractivity contribution >= 4 is 45.1 Å². The lowest BCUT2D eigenvalue weighted by Crippen LogP contribution is -2.37. The second-order valence-electron chi connectivity index (χ2n) is 7.02. The number of hydrogen-bond acceptors (Lipinski definition) is 4. The van der Waals surface area contributed by atoms with Crippen LogP contribution in [-0.2, 0) is 4.79 Å². The van der Waals surface area contributed by atoms with E-state index >= 15 is 0 Å². The van der Waals surface area contributed by atoms with Gasteiger partial charge < -0.3 is 16.2 Å². The van der Waals surface area contributed by atoms with E-state index in [9.17, 15) is 14.7 Å². The molecule has 0 spiro atoms. The molecule has 7 nitrogen and oxygen atoms in total. The van der Waals surface area contributed by atoms with Crippen LogP contribution in [0.3, 0.4) is 0 Å². The summed E-state index contributed by atoms with van der Waals surface area (Å²) in [5, 5.41) is 12.4. The van der Waals surface area contributed by atoms with Gasteiger partial charge in [-0.05, 0) is 61.9 Å². The first-order valence-electron chi connectivity index (χ1n) is 9.21. The number of halogens is 1. The minimum atomic E-state index is -1.01. The molecule has 1 fully saturated rings. The number of carbonyl (C=O) groups excluding carboxylic acids is 1. The van der Waals surface area contributed by atoms with E-state index in [1.807, 2.05) is 6.07 Å². The van der Waals surface area contributed by atoms with Crippen LogP contribution in [0.25, 0.3) is 0 Å². The van der Waals surface area contributed by atoms with Crippen LogP contribution >= 0.6 is 15.9 Å². The van der Waals surface area contributed by atoms with Gasteiger partial charge in [0.1, 0.15) is 5.82 Å². The number of nitrogen functional groups attached to an aromatic ring is 1. The Hall–Kier alpha value is -2.61. The largest absolute Gasteiger partial charge is 0.465 e. The molecule has 2 aromatic rings. The zero-order valence-corrected chi connectivity index (χ0v) is 16.9. The maximum Gasteiger partial charge on any atom is 0.413 e. The summed E-state index contributed by atoms with van der Waals surface area (Å²) in [6, 6.07) is 10.6. The molecule has 0 bridgehead atoms. The van der Waals surface area contributed by atoms with Gasteiger partial charge in [0.15, 0.2) is 0 Å². The van der Waals surface area contributed by atoms with Crippen molar-refractivity contribution in [3.05, 3.63) is 47.1 Å². The summed E-state index contributed by atoms with van der Waals surface area (Å²) in [5.41, 5.74) is 7.08. The van der Waals surface area contributed by atoms with E-state index < -0.39 is 6.09 Å². The van der Waals surface area contributed by atoms with Crippen LogP contribution in [0.4, 0.5) is 22.0 Å². The fourth-order valence-corrected chi connectivity index (χ4v) is 3.91. The highest BCUT2D eigenvalue weighted by molar-refractivity contribution is 9.10. The highest BCUT2D eigenvalue weighted by Gasteiger charge is 2.29. The standard InChI is InChI=1S/C20H23BrN4O3/c21-15-8-9-17(16(22)11-15)24-19(26)14-6-4-13(5-7-14)12-25(20(27)28)18-3-1-2-10-23-18/h1-3,8-11,13-14H,4-7,12,22H2,(H,24,26)(H,27,28). The first kappa shape index (κ1) is 20.1. The number of nitrogens with two attached hydrogens (primary N) is 1.